The zero-order valence-corrected chi connectivity index (χ0v) is 13.8. The van der Waals surface area contributed by atoms with Crippen molar-refractivity contribution in [2.24, 2.45) is 0 Å². The maximum atomic E-state index is 14.0. The van der Waals surface area contributed by atoms with Crippen LogP contribution in [0, 0.1) is 11.6 Å². The summed E-state index contributed by atoms with van der Waals surface area (Å²) >= 11 is 6.38. The van der Waals surface area contributed by atoms with Crippen LogP contribution in [0.4, 0.5) is 8.78 Å². The smallest absolute Gasteiger partial charge is 0.143 e. The van der Waals surface area contributed by atoms with E-state index in [4.69, 9.17) is 0 Å². The second kappa shape index (κ2) is 6.74. The van der Waals surface area contributed by atoms with Crippen LogP contribution in [0.15, 0.2) is 39.4 Å². The van der Waals surface area contributed by atoms with E-state index in [1.807, 2.05) is 12.1 Å². The molecule has 1 atom stereocenters. The summed E-state index contributed by atoms with van der Waals surface area (Å²) in [5, 5.41) is 3.03. The van der Waals surface area contributed by atoms with Gasteiger partial charge in [0.2, 0.25) is 0 Å². The van der Waals surface area contributed by atoms with Crippen molar-refractivity contribution in [2.45, 2.75) is 12.5 Å². The molecule has 0 amide bonds. The largest absolute Gasteiger partial charge is 0.311 e. The van der Waals surface area contributed by atoms with E-state index in [2.05, 4.69) is 42.2 Å². The summed E-state index contributed by atoms with van der Waals surface area (Å²) < 4.78 is 28.9. The standard InChI is InChI=1S/C14H12Br2F2N2/c1-19-13(12-5-2-8(15)7-20-12)6-9-11(17)4-3-10(16)14(9)18/h2-5,7,13,19H,6H2,1H3. The number of halogens is 4. The molecule has 20 heavy (non-hydrogen) atoms. The van der Waals surface area contributed by atoms with Gasteiger partial charge in [0.05, 0.1) is 16.2 Å². The van der Waals surface area contributed by atoms with E-state index in [1.165, 1.54) is 12.1 Å². The van der Waals surface area contributed by atoms with Crippen molar-refractivity contribution in [3.05, 3.63) is 62.3 Å². The summed E-state index contributed by atoms with van der Waals surface area (Å²) in [6.45, 7) is 0. The van der Waals surface area contributed by atoms with Gasteiger partial charge in [0.15, 0.2) is 0 Å². The molecule has 2 rings (SSSR count). The summed E-state index contributed by atoms with van der Waals surface area (Å²) in [5.41, 5.74) is 0.776. The van der Waals surface area contributed by atoms with Crippen LogP contribution in [0.2, 0.25) is 0 Å². The molecule has 2 aromatic rings. The lowest BCUT2D eigenvalue weighted by Crippen LogP contribution is -2.21. The highest BCUT2D eigenvalue weighted by atomic mass is 79.9. The average molecular weight is 406 g/mol. The van der Waals surface area contributed by atoms with Gasteiger partial charge in [0.1, 0.15) is 11.6 Å². The molecule has 106 valence electrons. The number of benzene rings is 1. The fourth-order valence-corrected chi connectivity index (χ4v) is 2.51. The lowest BCUT2D eigenvalue weighted by atomic mass is 10.0. The number of aromatic nitrogens is 1. The molecule has 2 nitrogen and oxygen atoms in total. The molecule has 6 heteroatoms. The van der Waals surface area contributed by atoms with Gasteiger partial charge in [0, 0.05) is 16.2 Å². The lowest BCUT2D eigenvalue weighted by molar-refractivity contribution is 0.507. The van der Waals surface area contributed by atoms with E-state index in [0.717, 1.165) is 10.2 Å². The first-order valence-corrected chi connectivity index (χ1v) is 7.52. The Hall–Kier alpha value is -0.850. The molecular formula is C14H12Br2F2N2. The van der Waals surface area contributed by atoms with Crippen LogP contribution in [-0.2, 0) is 6.42 Å². The zero-order valence-electron chi connectivity index (χ0n) is 10.6. The Morgan fingerprint density at radius 1 is 1.20 bits per heavy atom. The van der Waals surface area contributed by atoms with Crippen LogP contribution in [0.3, 0.4) is 0 Å². The minimum atomic E-state index is -0.567. The predicted octanol–water partition coefficient (Wildman–Crippen LogP) is 4.39. The number of hydrogen-bond donors (Lipinski definition) is 1. The topological polar surface area (TPSA) is 24.9 Å². The molecule has 1 aromatic heterocycles. The maximum Gasteiger partial charge on any atom is 0.143 e. The fraction of sp³-hybridized carbons (Fsp3) is 0.214. The highest BCUT2D eigenvalue weighted by Gasteiger charge is 2.18. The highest BCUT2D eigenvalue weighted by Crippen LogP contribution is 2.26. The van der Waals surface area contributed by atoms with Crippen molar-refractivity contribution in [1.82, 2.24) is 10.3 Å². The second-order valence-electron chi connectivity index (χ2n) is 4.27. The minimum Gasteiger partial charge on any atom is -0.311 e. The lowest BCUT2D eigenvalue weighted by Gasteiger charge is -2.17. The molecule has 0 fully saturated rings. The van der Waals surface area contributed by atoms with E-state index >= 15 is 0 Å². The van der Waals surface area contributed by atoms with Crippen LogP contribution in [-0.4, -0.2) is 12.0 Å². The van der Waals surface area contributed by atoms with E-state index in [1.54, 1.807) is 13.2 Å². The molecule has 0 spiro atoms. The Morgan fingerprint density at radius 3 is 2.55 bits per heavy atom. The van der Waals surface area contributed by atoms with Gasteiger partial charge >= 0.3 is 0 Å². The zero-order chi connectivity index (χ0) is 14.7. The first kappa shape index (κ1) is 15.5. The van der Waals surface area contributed by atoms with E-state index in [-0.39, 0.29) is 22.5 Å². The third-order valence-electron chi connectivity index (χ3n) is 3.00. The maximum absolute atomic E-state index is 14.0. The van der Waals surface area contributed by atoms with Gasteiger partial charge < -0.3 is 5.32 Å². The second-order valence-corrected chi connectivity index (χ2v) is 6.04. The third kappa shape index (κ3) is 3.42. The predicted molar refractivity (Wildman–Crippen MR) is 81.5 cm³/mol. The molecule has 1 aromatic carbocycles. The number of hydrogen-bond acceptors (Lipinski definition) is 2. The van der Waals surface area contributed by atoms with E-state index in [0.29, 0.717) is 0 Å². The Morgan fingerprint density at radius 2 is 1.95 bits per heavy atom. The summed E-state index contributed by atoms with van der Waals surface area (Å²) in [6.07, 6.45) is 1.84. The summed E-state index contributed by atoms with van der Waals surface area (Å²) in [5.74, 6) is -1.12. The molecule has 1 heterocycles. The van der Waals surface area contributed by atoms with Gasteiger partial charge in [0.25, 0.3) is 0 Å². The van der Waals surface area contributed by atoms with E-state index < -0.39 is 11.6 Å². The van der Waals surface area contributed by atoms with Gasteiger partial charge in [-0.3, -0.25) is 4.98 Å². The molecule has 0 radical (unpaired) electrons. The molecule has 0 aliphatic rings. The average Bonchev–Trinajstić information content (AvgIpc) is 2.45. The van der Waals surface area contributed by atoms with Crippen LogP contribution in [0.25, 0.3) is 0 Å². The normalized spacial score (nSPS) is 12.4. The molecule has 0 bridgehead atoms. The number of nitrogens with one attached hydrogen (secondary N) is 1. The number of pyridine rings is 1. The first-order valence-electron chi connectivity index (χ1n) is 5.94. The summed E-state index contributed by atoms with van der Waals surface area (Å²) in [6, 6.07) is 6.02. The van der Waals surface area contributed by atoms with Crippen molar-refractivity contribution in [3.63, 3.8) is 0 Å². The first-order chi connectivity index (χ1) is 9.52. The number of likely N-dealkylation sites (N-methyl/N-ethyl adjacent to an activating group) is 1. The molecule has 0 saturated heterocycles. The van der Waals surface area contributed by atoms with Crippen LogP contribution >= 0.6 is 31.9 Å². The van der Waals surface area contributed by atoms with Crippen molar-refractivity contribution in [3.8, 4) is 0 Å². The molecule has 0 saturated carbocycles. The fourth-order valence-electron chi connectivity index (χ4n) is 1.91. The van der Waals surface area contributed by atoms with Gasteiger partial charge in [-0.05, 0) is 69.6 Å². The summed E-state index contributed by atoms with van der Waals surface area (Å²) in [7, 11) is 1.74. The van der Waals surface area contributed by atoms with Gasteiger partial charge in [-0.2, -0.15) is 0 Å². The van der Waals surface area contributed by atoms with Crippen molar-refractivity contribution >= 4 is 31.9 Å². The van der Waals surface area contributed by atoms with Crippen molar-refractivity contribution in [1.29, 1.82) is 0 Å². The monoisotopic (exact) mass is 404 g/mol. The number of nitrogens with zero attached hydrogens (tertiary/aromatic N) is 1. The SMILES string of the molecule is CNC(Cc1c(F)ccc(Br)c1F)c1ccc(Br)cn1. The molecular weight excluding hydrogens is 394 g/mol. The minimum absolute atomic E-state index is 0.0449. The van der Waals surface area contributed by atoms with Crippen LogP contribution in [0.1, 0.15) is 17.3 Å². The molecule has 1 unspecified atom stereocenters. The van der Waals surface area contributed by atoms with Crippen LogP contribution in [0.5, 0.6) is 0 Å². The van der Waals surface area contributed by atoms with Crippen molar-refractivity contribution in [2.75, 3.05) is 7.05 Å². The third-order valence-corrected chi connectivity index (χ3v) is 4.08. The Bertz CT molecular complexity index is 603. The molecule has 1 N–H and O–H groups in total. The Kier molecular flexibility index (Phi) is 5.23. The van der Waals surface area contributed by atoms with E-state index in [9.17, 15) is 8.78 Å². The Balaban J connectivity index is 2.31. The Labute approximate surface area is 132 Å². The highest BCUT2D eigenvalue weighted by molar-refractivity contribution is 9.10. The van der Waals surface area contributed by atoms with Gasteiger partial charge in [-0.25, -0.2) is 8.78 Å². The number of rotatable bonds is 4. The molecule has 0 aliphatic carbocycles. The molecule has 0 aliphatic heterocycles. The van der Waals surface area contributed by atoms with Gasteiger partial charge in [-0.1, -0.05) is 0 Å². The van der Waals surface area contributed by atoms with Gasteiger partial charge in [-0.15, -0.1) is 0 Å². The quantitative estimate of drug-likeness (QED) is 0.763. The van der Waals surface area contributed by atoms with Crippen LogP contribution < -0.4 is 5.32 Å². The van der Waals surface area contributed by atoms with Crippen molar-refractivity contribution < 1.29 is 8.78 Å². The summed E-state index contributed by atoms with van der Waals surface area (Å²) in [4.78, 5) is 4.26.